The Bertz CT molecular complexity index is 1830. The number of carbonyl (C=O) groups excluding carboxylic acids is 3. The number of rotatable bonds is 6. The van der Waals surface area contributed by atoms with E-state index in [1.165, 1.54) is 16.2 Å². The van der Waals surface area contributed by atoms with E-state index in [1.807, 2.05) is 53.9 Å². The van der Waals surface area contributed by atoms with Crippen molar-refractivity contribution in [1.82, 2.24) is 24.9 Å². The second-order valence-electron chi connectivity index (χ2n) is 12.9. The fourth-order valence-corrected chi connectivity index (χ4v) is 8.61. The molecule has 3 amide bonds. The molecule has 2 saturated carbocycles. The first-order valence-electron chi connectivity index (χ1n) is 16.2. The standard InChI is InChI=1S/C33H38N6O6S2/c34-23-10-5-3-1-2-4-9-20-18-33(20,32(42)38-47(43,44)22-14-15-22)37-29(40)26-17-21(19-39(26)31(23)41)45-30-28(27-13-8-16-46-27)35-24-11-6-7-12-25(24)36-30/h4,6-9,11-13,16,20-23,26H,1-3,5,10,14-15,17-19,34H2,(H,37,40)(H,38,42)/b9-4-/t20-,21-,23+,26+,33-/m1/s1. The van der Waals surface area contributed by atoms with Crippen molar-refractivity contribution in [2.45, 2.75) is 86.8 Å². The molecule has 5 atom stereocenters. The number of thiophene rings is 1. The lowest BCUT2D eigenvalue weighted by atomic mass is 10.1. The van der Waals surface area contributed by atoms with Crippen molar-refractivity contribution in [3.8, 4) is 16.5 Å². The molecule has 2 aliphatic heterocycles. The van der Waals surface area contributed by atoms with Gasteiger partial charge in [-0.25, -0.2) is 18.4 Å². The van der Waals surface area contributed by atoms with Crippen LogP contribution in [-0.4, -0.2) is 76.5 Å². The van der Waals surface area contributed by atoms with E-state index in [1.54, 1.807) is 0 Å². The molecule has 0 bridgehead atoms. The second kappa shape index (κ2) is 12.6. The monoisotopic (exact) mass is 678 g/mol. The van der Waals surface area contributed by atoms with Crippen molar-refractivity contribution in [1.29, 1.82) is 0 Å². The number of benzene rings is 1. The quantitative estimate of drug-likeness (QED) is 0.331. The van der Waals surface area contributed by atoms with Gasteiger partial charge in [0.05, 0.1) is 33.7 Å². The summed E-state index contributed by atoms with van der Waals surface area (Å²) in [7, 11) is -3.83. The molecule has 7 rings (SSSR count). The van der Waals surface area contributed by atoms with Crippen LogP contribution in [0.3, 0.4) is 0 Å². The SMILES string of the molecule is N[C@H]1CCCCC/C=C\[C@@H]2C[C@@]2(C(=O)NS(=O)(=O)C2CC2)NC(=O)[C@@H]2C[C@@H](Oc3nc4ccccc4nc3-c3cccs3)CN2C1=O. The number of amides is 3. The second-order valence-corrected chi connectivity index (χ2v) is 15.9. The van der Waals surface area contributed by atoms with Gasteiger partial charge in [-0.1, -0.05) is 43.2 Å². The van der Waals surface area contributed by atoms with Crippen molar-refractivity contribution < 1.29 is 27.5 Å². The van der Waals surface area contributed by atoms with E-state index in [0.29, 0.717) is 41.9 Å². The molecule has 1 aromatic carbocycles. The minimum atomic E-state index is -3.83. The van der Waals surface area contributed by atoms with Gasteiger partial charge in [-0.2, -0.15) is 0 Å². The highest BCUT2D eigenvalue weighted by molar-refractivity contribution is 7.91. The number of nitrogens with two attached hydrogens (primary N) is 1. The summed E-state index contributed by atoms with van der Waals surface area (Å²) in [4.78, 5) is 53.3. The number of hydrogen-bond acceptors (Lipinski definition) is 10. The molecular weight excluding hydrogens is 641 g/mol. The van der Waals surface area contributed by atoms with Gasteiger partial charge in [-0.05, 0) is 62.1 Å². The molecule has 47 heavy (non-hydrogen) atoms. The van der Waals surface area contributed by atoms with Gasteiger partial charge in [0.25, 0.3) is 5.91 Å². The molecule has 4 heterocycles. The molecule has 3 fully saturated rings. The zero-order valence-electron chi connectivity index (χ0n) is 25.8. The molecule has 248 valence electrons. The molecule has 4 N–H and O–H groups in total. The van der Waals surface area contributed by atoms with Gasteiger partial charge in [0.15, 0.2) is 0 Å². The Labute approximate surface area is 277 Å². The lowest BCUT2D eigenvalue weighted by Crippen LogP contribution is -2.57. The van der Waals surface area contributed by atoms with Gasteiger partial charge in [0.2, 0.25) is 27.7 Å². The molecule has 2 aliphatic carbocycles. The van der Waals surface area contributed by atoms with Gasteiger partial charge in [-0.15, -0.1) is 11.3 Å². The largest absolute Gasteiger partial charge is 0.471 e. The Morgan fingerprint density at radius 2 is 1.85 bits per heavy atom. The number of fused-ring (bicyclic) bond motifs is 3. The van der Waals surface area contributed by atoms with Gasteiger partial charge in [0.1, 0.15) is 23.4 Å². The Morgan fingerprint density at radius 1 is 1.06 bits per heavy atom. The zero-order chi connectivity index (χ0) is 32.8. The van der Waals surface area contributed by atoms with E-state index in [4.69, 9.17) is 20.4 Å². The lowest BCUT2D eigenvalue weighted by Gasteiger charge is -2.28. The molecular formula is C33H38N6O6S2. The van der Waals surface area contributed by atoms with Gasteiger partial charge in [0, 0.05) is 12.3 Å². The summed E-state index contributed by atoms with van der Waals surface area (Å²) < 4.78 is 34.1. The van der Waals surface area contributed by atoms with E-state index in [9.17, 15) is 22.8 Å². The Kier molecular flexibility index (Phi) is 8.51. The smallest absolute Gasteiger partial charge is 0.259 e. The first-order valence-corrected chi connectivity index (χ1v) is 18.7. The third-order valence-corrected chi connectivity index (χ3v) is 12.2. The van der Waals surface area contributed by atoms with Crippen LogP contribution in [0.4, 0.5) is 0 Å². The fourth-order valence-electron chi connectivity index (χ4n) is 6.54. The maximum absolute atomic E-state index is 14.1. The van der Waals surface area contributed by atoms with E-state index < -0.39 is 50.8 Å². The van der Waals surface area contributed by atoms with Crippen LogP contribution in [0.15, 0.2) is 53.9 Å². The summed E-state index contributed by atoms with van der Waals surface area (Å²) >= 11 is 1.50. The molecule has 0 spiro atoms. The van der Waals surface area contributed by atoms with E-state index in [-0.39, 0.29) is 31.2 Å². The van der Waals surface area contributed by atoms with Crippen LogP contribution in [0.1, 0.15) is 57.8 Å². The summed E-state index contributed by atoms with van der Waals surface area (Å²) in [6, 6.07) is 9.53. The van der Waals surface area contributed by atoms with Crippen LogP contribution in [0.2, 0.25) is 0 Å². The summed E-state index contributed by atoms with van der Waals surface area (Å²) in [5, 5.41) is 4.23. The van der Waals surface area contributed by atoms with Crippen molar-refractivity contribution in [2.24, 2.45) is 11.7 Å². The molecule has 12 nitrogen and oxygen atoms in total. The van der Waals surface area contributed by atoms with E-state index in [2.05, 4.69) is 10.0 Å². The highest BCUT2D eigenvalue weighted by atomic mass is 32.2. The molecule has 2 aromatic heterocycles. The number of nitrogens with one attached hydrogen (secondary N) is 2. The molecule has 1 saturated heterocycles. The van der Waals surface area contributed by atoms with Crippen LogP contribution in [0, 0.1) is 5.92 Å². The van der Waals surface area contributed by atoms with Crippen molar-refractivity contribution in [3.63, 3.8) is 0 Å². The fraction of sp³-hybridized carbons (Fsp3) is 0.485. The molecule has 0 unspecified atom stereocenters. The molecule has 4 aliphatic rings. The number of aromatic nitrogens is 2. The summed E-state index contributed by atoms with van der Waals surface area (Å²) in [5.41, 5.74) is 6.89. The Hall–Kier alpha value is -3.88. The first kappa shape index (κ1) is 31.7. The number of para-hydroxylation sites is 2. The average Bonchev–Trinajstić information content (AvgIpc) is 3.92. The van der Waals surface area contributed by atoms with Gasteiger partial charge in [-0.3, -0.25) is 19.1 Å². The Balaban J connectivity index is 1.18. The highest BCUT2D eigenvalue weighted by Gasteiger charge is 2.62. The Morgan fingerprint density at radius 3 is 2.60 bits per heavy atom. The highest BCUT2D eigenvalue weighted by Crippen LogP contribution is 2.46. The van der Waals surface area contributed by atoms with Gasteiger partial charge < -0.3 is 20.7 Å². The number of allylic oxidation sites excluding steroid dienone is 1. The minimum Gasteiger partial charge on any atom is -0.471 e. The first-order chi connectivity index (χ1) is 22.6. The number of ether oxygens (including phenoxy) is 1. The van der Waals surface area contributed by atoms with Crippen LogP contribution in [-0.2, 0) is 24.4 Å². The maximum Gasteiger partial charge on any atom is 0.259 e. The van der Waals surface area contributed by atoms with Crippen LogP contribution in [0.25, 0.3) is 21.6 Å². The van der Waals surface area contributed by atoms with Crippen molar-refractivity contribution in [2.75, 3.05) is 6.54 Å². The number of carbonyl (C=O) groups is 3. The average molecular weight is 679 g/mol. The number of nitrogens with zero attached hydrogens (tertiary/aromatic N) is 3. The molecule has 14 heteroatoms. The normalized spacial score (nSPS) is 29.2. The van der Waals surface area contributed by atoms with Gasteiger partial charge >= 0.3 is 0 Å². The van der Waals surface area contributed by atoms with Crippen molar-refractivity contribution >= 4 is 50.1 Å². The van der Waals surface area contributed by atoms with Crippen LogP contribution >= 0.6 is 11.3 Å². The topological polar surface area (TPSA) is 174 Å². The third-order valence-electron chi connectivity index (χ3n) is 9.46. The van der Waals surface area contributed by atoms with Crippen LogP contribution < -0.4 is 20.5 Å². The molecule has 0 radical (unpaired) electrons. The number of sulfonamides is 1. The maximum atomic E-state index is 14.1. The minimum absolute atomic E-state index is 0.0849. The van der Waals surface area contributed by atoms with E-state index >= 15 is 0 Å². The number of hydrogen-bond donors (Lipinski definition) is 3. The van der Waals surface area contributed by atoms with Crippen LogP contribution in [0.5, 0.6) is 5.88 Å². The summed E-state index contributed by atoms with van der Waals surface area (Å²) in [6.07, 6.45) is 8.41. The third kappa shape index (κ3) is 6.50. The summed E-state index contributed by atoms with van der Waals surface area (Å²) in [5.74, 6) is -1.74. The molecule has 3 aromatic rings. The predicted molar refractivity (Wildman–Crippen MR) is 177 cm³/mol. The zero-order valence-corrected chi connectivity index (χ0v) is 27.5. The van der Waals surface area contributed by atoms with Crippen molar-refractivity contribution in [3.05, 3.63) is 53.9 Å². The van der Waals surface area contributed by atoms with E-state index in [0.717, 1.165) is 30.6 Å². The lowest BCUT2D eigenvalue weighted by molar-refractivity contribution is -0.140. The predicted octanol–water partition coefficient (Wildman–Crippen LogP) is 3.04. The summed E-state index contributed by atoms with van der Waals surface area (Å²) in [6.45, 7) is 0.0849.